The van der Waals surface area contributed by atoms with Crippen molar-refractivity contribution in [2.45, 2.75) is 55.3 Å². The number of aryl methyl sites for hydroxylation is 1. The van der Waals surface area contributed by atoms with E-state index in [1.165, 1.54) is 36.3 Å². The van der Waals surface area contributed by atoms with Crippen molar-refractivity contribution in [2.75, 3.05) is 30.0 Å². The average Bonchev–Trinajstić information content (AvgIpc) is 3.85. The monoisotopic (exact) mass is 649 g/mol. The molecule has 2 amide bonds. The van der Waals surface area contributed by atoms with E-state index in [0.29, 0.717) is 29.2 Å². The van der Waals surface area contributed by atoms with Gasteiger partial charge in [0, 0.05) is 36.8 Å². The zero-order valence-electron chi connectivity index (χ0n) is 25.4. The van der Waals surface area contributed by atoms with Crippen molar-refractivity contribution in [2.24, 2.45) is 0 Å². The Bertz CT molecular complexity index is 2000. The third kappa shape index (κ3) is 5.94. The molecular formula is C33H33F2N5O5S. The number of hydrogen-bond donors (Lipinski definition) is 3. The normalized spacial score (nSPS) is 19.2. The molecule has 1 aliphatic carbocycles. The molecule has 3 aromatic carbocycles. The highest BCUT2D eigenvalue weighted by atomic mass is 32.2. The van der Waals surface area contributed by atoms with Crippen LogP contribution in [0.2, 0.25) is 0 Å². The molecular weight excluding hydrogens is 616 g/mol. The number of halogens is 2. The summed E-state index contributed by atoms with van der Waals surface area (Å²) in [4.78, 5) is 31.7. The van der Waals surface area contributed by atoms with E-state index in [4.69, 9.17) is 10.5 Å². The van der Waals surface area contributed by atoms with Crippen LogP contribution in [0, 0.1) is 18.6 Å². The molecule has 7 rings (SSSR count). The minimum atomic E-state index is -4.05. The smallest absolute Gasteiger partial charge is 0.411 e. The van der Waals surface area contributed by atoms with Gasteiger partial charge in [0.25, 0.3) is 0 Å². The first-order valence-corrected chi connectivity index (χ1v) is 16.3. The van der Waals surface area contributed by atoms with Gasteiger partial charge in [-0.05, 0) is 77.7 Å². The van der Waals surface area contributed by atoms with Gasteiger partial charge in [0.05, 0.1) is 17.5 Å². The number of likely N-dealkylation sites (N-methyl/N-ethyl adjacent to an activating group) is 1. The number of ether oxygens (including phenoxy) is 1. The predicted octanol–water partition coefficient (Wildman–Crippen LogP) is 5.82. The topological polar surface area (TPSA) is 144 Å². The van der Waals surface area contributed by atoms with E-state index in [1.807, 2.05) is 19.9 Å². The molecule has 0 saturated heterocycles. The van der Waals surface area contributed by atoms with E-state index in [-0.39, 0.29) is 41.8 Å². The van der Waals surface area contributed by atoms with Crippen LogP contribution in [0.1, 0.15) is 54.0 Å². The quantitative estimate of drug-likeness (QED) is 0.251. The molecule has 2 aliphatic heterocycles. The lowest BCUT2D eigenvalue weighted by atomic mass is 9.93. The first-order valence-electron chi connectivity index (χ1n) is 14.8. The fourth-order valence-electron chi connectivity index (χ4n) is 5.90. The number of fused-ring (bicyclic) bond motifs is 10. The van der Waals surface area contributed by atoms with Crippen molar-refractivity contribution in [1.82, 2.24) is 9.88 Å². The van der Waals surface area contributed by atoms with Crippen molar-refractivity contribution >= 4 is 49.8 Å². The Morgan fingerprint density at radius 3 is 2.54 bits per heavy atom. The van der Waals surface area contributed by atoms with Gasteiger partial charge in [0.15, 0.2) is 9.84 Å². The van der Waals surface area contributed by atoms with Crippen molar-refractivity contribution in [3.8, 4) is 0 Å². The van der Waals surface area contributed by atoms with E-state index in [1.54, 1.807) is 18.2 Å². The Morgan fingerprint density at radius 1 is 1.07 bits per heavy atom. The summed E-state index contributed by atoms with van der Waals surface area (Å²) in [6.45, 7) is 3.40. The highest BCUT2D eigenvalue weighted by Gasteiger charge is 2.40. The second-order valence-corrected chi connectivity index (χ2v) is 14.1. The van der Waals surface area contributed by atoms with Gasteiger partial charge in [-0.1, -0.05) is 25.1 Å². The van der Waals surface area contributed by atoms with Crippen molar-refractivity contribution < 1.29 is 31.5 Å². The largest absolute Gasteiger partial charge is 0.449 e. The Hall–Kier alpha value is -4.78. The first kappa shape index (κ1) is 31.2. The lowest BCUT2D eigenvalue weighted by Gasteiger charge is -2.28. The van der Waals surface area contributed by atoms with Gasteiger partial charge in [0.2, 0.25) is 5.91 Å². The number of carbonyl (C=O) groups is 2. The molecule has 13 heteroatoms. The van der Waals surface area contributed by atoms with Gasteiger partial charge in [-0.2, -0.15) is 0 Å². The molecule has 2 atom stereocenters. The van der Waals surface area contributed by atoms with Crippen LogP contribution in [0.15, 0.2) is 59.6 Å². The SMILES string of the molecule is Cc1cc2ccc1C(C)COC(=O)Nc1cc(F)c(S(=O)(=O)C3CC3)c(c1)CN(C)C(=O)C2Nc1cc2ccnc(N)c2cc1F. The number of aromatic nitrogens is 1. The van der Waals surface area contributed by atoms with Crippen LogP contribution in [0.5, 0.6) is 0 Å². The Morgan fingerprint density at radius 2 is 1.83 bits per heavy atom. The highest BCUT2D eigenvalue weighted by Crippen LogP contribution is 2.38. The van der Waals surface area contributed by atoms with E-state index < -0.39 is 49.7 Å². The molecule has 240 valence electrons. The maximum atomic E-state index is 15.6. The number of nitrogens with two attached hydrogens (primary N) is 1. The number of benzene rings is 3. The number of rotatable bonds is 4. The van der Waals surface area contributed by atoms with E-state index in [9.17, 15) is 18.0 Å². The molecule has 3 aliphatic rings. The van der Waals surface area contributed by atoms with Crippen LogP contribution in [-0.4, -0.2) is 49.2 Å². The van der Waals surface area contributed by atoms with Gasteiger partial charge < -0.3 is 20.7 Å². The van der Waals surface area contributed by atoms with Crippen LogP contribution in [0.25, 0.3) is 10.8 Å². The number of amides is 2. The van der Waals surface area contributed by atoms with E-state index in [0.717, 1.165) is 17.2 Å². The zero-order valence-corrected chi connectivity index (χ0v) is 26.3. The molecule has 3 heterocycles. The maximum absolute atomic E-state index is 15.6. The number of nitrogens with one attached hydrogen (secondary N) is 2. The van der Waals surface area contributed by atoms with Gasteiger partial charge in [0.1, 0.15) is 28.4 Å². The molecule has 4 N–H and O–H groups in total. The van der Waals surface area contributed by atoms with Gasteiger partial charge in [-0.25, -0.2) is 27.0 Å². The van der Waals surface area contributed by atoms with E-state index >= 15 is 8.78 Å². The van der Waals surface area contributed by atoms with Crippen LogP contribution in [0.4, 0.5) is 30.8 Å². The molecule has 0 spiro atoms. The Balaban J connectivity index is 1.47. The lowest BCUT2D eigenvalue weighted by Crippen LogP contribution is -2.36. The fourth-order valence-corrected chi connectivity index (χ4v) is 7.81. The number of nitrogen functional groups attached to an aromatic ring is 1. The second-order valence-electron chi connectivity index (χ2n) is 12.0. The zero-order chi connectivity index (χ0) is 32.9. The lowest BCUT2D eigenvalue weighted by molar-refractivity contribution is -0.131. The first-order chi connectivity index (χ1) is 21.8. The number of anilines is 3. The highest BCUT2D eigenvalue weighted by molar-refractivity contribution is 7.92. The van der Waals surface area contributed by atoms with Crippen molar-refractivity contribution in [3.63, 3.8) is 0 Å². The molecule has 1 fully saturated rings. The Labute approximate surface area is 264 Å². The van der Waals surface area contributed by atoms with Crippen LogP contribution in [0.3, 0.4) is 0 Å². The second kappa shape index (κ2) is 11.9. The number of pyridine rings is 1. The molecule has 46 heavy (non-hydrogen) atoms. The Kier molecular flexibility index (Phi) is 8.05. The molecule has 4 bridgehead atoms. The summed E-state index contributed by atoms with van der Waals surface area (Å²) in [6, 6.07) is 11.0. The molecule has 10 nitrogen and oxygen atoms in total. The summed E-state index contributed by atoms with van der Waals surface area (Å²) in [7, 11) is -2.60. The molecule has 2 unspecified atom stereocenters. The fraction of sp³-hybridized carbons (Fsp3) is 0.303. The predicted molar refractivity (Wildman–Crippen MR) is 170 cm³/mol. The van der Waals surface area contributed by atoms with Crippen molar-refractivity contribution in [3.05, 3.63) is 88.6 Å². The summed E-state index contributed by atoms with van der Waals surface area (Å²) in [6.07, 6.45) is 1.47. The molecule has 0 radical (unpaired) electrons. The average molecular weight is 650 g/mol. The van der Waals surface area contributed by atoms with E-state index in [2.05, 4.69) is 15.6 Å². The summed E-state index contributed by atoms with van der Waals surface area (Å²) in [5.74, 6) is -2.31. The van der Waals surface area contributed by atoms with Crippen LogP contribution < -0.4 is 16.4 Å². The van der Waals surface area contributed by atoms with Crippen LogP contribution in [-0.2, 0) is 25.9 Å². The summed E-state index contributed by atoms with van der Waals surface area (Å²) in [5.41, 5.74) is 8.14. The summed E-state index contributed by atoms with van der Waals surface area (Å²) in [5, 5.41) is 5.84. The van der Waals surface area contributed by atoms with Gasteiger partial charge in [-0.15, -0.1) is 0 Å². The summed E-state index contributed by atoms with van der Waals surface area (Å²) >= 11 is 0. The third-order valence-corrected chi connectivity index (χ3v) is 10.8. The maximum Gasteiger partial charge on any atom is 0.411 e. The molecule has 1 saturated carbocycles. The minimum absolute atomic E-state index is 0.000855. The van der Waals surface area contributed by atoms with Crippen molar-refractivity contribution in [1.29, 1.82) is 0 Å². The van der Waals surface area contributed by atoms with Gasteiger partial charge in [-0.3, -0.25) is 10.1 Å². The number of nitrogens with zero attached hydrogens (tertiary/aromatic N) is 2. The number of hydrogen-bond acceptors (Lipinski definition) is 8. The minimum Gasteiger partial charge on any atom is -0.449 e. The molecule has 4 aromatic rings. The van der Waals surface area contributed by atoms with Crippen LogP contribution >= 0.6 is 0 Å². The standard InChI is InChI=1S/C33H33F2N5O5S/c1-17-10-20-4-7-24(17)18(2)16-45-33(42)38-22-11-21(30(27(35)13-22)46(43,44)23-5-6-23)15-40(3)32(41)29(20)39-28-12-19-8-9-37-31(36)25(19)14-26(28)34/h4,7-14,18,23,29,39H,5-6,15-16H2,1-3H3,(H2,36,37)(H,38,42). The summed E-state index contributed by atoms with van der Waals surface area (Å²) < 4.78 is 63.2. The van der Waals surface area contributed by atoms with Gasteiger partial charge >= 0.3 is 6.09 Å². The number of carbonyl (C=O) groups excluding carboxylic acids is 2. The molecule has 1 aromatic heterocycles. The number of sulfone groups is 1. The third-order valence-electron chi connectivity index (χ3n) is 8.45.